The Balaban J connectivity index is 2.01. The lowest BCUT2D eigenvalue weighted by Crippen LogP contribution is -2.00. The number of hydrogen-bond acceptors (Lipinski definition) is 4. The van der Waals surface area contributed by atoms with Crippen LogP contribution in [0.2, 0.25) is 5.02 Å². The van der Waals surface area contributed by atoms with Gasteiger partial charge in [0.05, 0.1) is 10.7 Å². The fourth-order valence-electron chi connectivity index (χ4n) is 1.81. The molecule has 0 radical (unpaired) electrons. The molecule has 6 heteroatoms. The van der Waals surface area contributed by atoms with Crippen molar-refractivity contribution in [3.63, 3.8) is 0 Å². The van der Waals surface area contributed by atoms with Crippen LogP contribution in [0.1, 0.15) is 5.69 Å². The minimum Gasteiger partial charge on any atom is -0.339 e. The lowest BCUT2D eigenvalue weighted by atomic mass is 10.3. The number of nitrogens with one attached hydrogen (secondary N) is 1. The first-order valence-electron chi connectivity index (χ1n) is 5.95. The first-order chi connectivity index (χ1) is 9.63. The molecule has 0 saturated heterocycles. The summed E-state index contributed by atoms with van der Waals surface area (Å²) in [5.41, 5.74) is 2.65. The average molecular weight is 289 g/mol. The molecule has 2 aromatic heterocycles. The third-order valence-corrected chi connectivity index (χ3v) is 3.09. The highest BCUT2D eigenvalue weighted by Gasteiger charge is 2.07. The smallest absolute Gasteiger partial charge is 0.180 e. The summed E-state index contributed by atoms with van der Waals surface area (Å²) in [6.45, 7) is 1.84. The van der Waals surface area contributed by atoms with Crippen LogP contribution in [0.3, 0.4) is 0 Å². The van der Waals surface area contributed by atoms with Crippen LogP contribution in [-0.4, -0.2) is 15.0 Å². The van der Waals surface area contributed by atoms with Gasteiger partial charge >= 0.3 is 0 Å². The third-order valence-electron chi connectivity index (χ3n) is 2.80. The molecule has 0 aliphatic heterocycles. The Kier molecular flexibility index (Phi) is 3.20. The van der Waals surface area contributed by atoms with Crippen molar-refractivity contribution in [3.8, 4) is 0 Å². The number of aryl methyl sites for hydroxylation is 1. The van der Waals surface area contributed by atoms with Gasteiger partial charge in [0.2, 0.25) is 0 Å². The molecule has 20 heavy (non-hydrogen) atoms. The zero-order chi connectivity index (χ0) is 14.1. The number of pyridine rings is 1. The van der Waals surface area contributed by atoms with Crippen LogP contribution in [0.25, 0.3) is 11.2 Å². The molecular formula is C14H10ClFN4. The van der Waals surface area contributed by atoms with Crippen LogP contribution in [0.4, 0.5) is 15.9 Å². The fraction of sp³-hybridized carbons (Fsp3) is 0.0714. The van der Waals surface area contributed by atoms with Gasteiger partial charge in [0.15, 0.2) is 11.5 Å². The molecule has 0 aliphatic carbocycles. The maximum atomic E-state index is 13.1. The monoisotopic (exact) mass is 288 g/mol. The highest BCUT2D eigenvalue weighted by atomic mass is 35.5. The summed E-state index contributed by atoms with van der Waals surface area (Å²) in [6.07, 6.45) is 1.66. The second-order valence-electron chi connectivity index (χ2n) is 4.26. The van der Waals surface area contributed by atoms with E-state index in [0.29, 0.717) is 17.2 Å². The molecule has 1 N–H and O–H groups in total. The van der Waals surface area contributed by atoms with Crippen molar-refractivity contribution in [3.05, 3.63) is 53.1 Å². The van der Waals surface area contributed by atoms with E-state index >= 15 is 0 Å². The van der Waals surface area contributed by atoms with Crippen molar-refractivity contribution in [2.75, 3.05) is 5.32 Å². The van der Waals surface area contributed by atoms with E-state index in [1.807, 2.05) is 19.1 Å². The molecule has 0 fully saturated rings. The molecule has 0 saturated carbocycles. The molecule has 0 spiro atoms. The Hall–Kier alpha value is -2.27. The number of aromatic nitrogens is 3. The second kappa shape index (κ2) is 5.02. The third kappa shape index (κ3) is 2.40. The molecule has 0 bridgehead atoms. The van der Waals surface area contributed by atoms with Gasteiger partial charge in [-0.25, -0.2) is 19.3 Å². The molecule has 0 unspecified atom stereocenters. The van der Waals surface area contributed by atoms with Crippen molar-refractivity contribution in [2.24, 2.45) is 0 Å². The van der Waals surface area contributed by atoms with Crippen LogP contribution in [0.15, 0.2) is 36.5 Å². The standard InChI is InChI=1S/C14H10ClFN4/c1-8-13(19-9-4-5-11(16)10(15)7-9)20-14-12(18-8)3-2-6-17-14/h2-7H,1H3,(H,17,19,20). The van der Waals surface area contributed by atoms with E-state index in [-0.39, 0.29) is 5.02 Å². The minimum atomic E-state index is -0.458. The number of rotatable bonds is 2. The van der Waals surface area contributed by atoms with Crippen molar-refractivity contribution in [1.82, 2.24) is 15.0 Å². The number of halogens is 2. The van der Waals surface area contributed by atoms with E-state index in [4.69, 9.17) is 11.6 Å². The summed E-state index contributed by atoms with van der Waals surface area (Å²) >= 11 is 5.75. The van der Waals surface area contributed by atoms with E-state index in [2.05, 4.69) is 20.3 Å². The normalized spacial score (nSPS) is 10.8. The lowest BCUT2D eigenvalue weighted by molar-refractivity contribution is 0.628. The van der Waals surface area contributed by atoms with Gasteiger partial charge in [0.1, 0.15) is 11.3 Å². The highest BCUT2D eigenvalue weighted by molar-refractivity contribution is 6.31. The SMILES string of the molecule is Cc1nc2cccnc2nc1Nc1ccc(F)c(Cl)c1. The number of benzene rings is 1. The molecule has 2 heterocycles. The summed E-state index contributed by atoms with van der Waals surface area (Å²) in [5, 5.41) is 3.12. The van der Waals surface area contributed by atoms with E-state index in [0.717, 1.165) is 11.2 Å². The predicted molar refractivity (Wildman–Crippen MR) is 76.8 cm³/mol. The van der Waals surface area contributed by atoms with Crippen LogP contribution >= 0.6 is 11.6 Å². The van der Waals surface area contributed by atoms with Crippen molar-refractivity contribution in [1.29, 1.82) is 0 Å². The first-order valence-corrected chi connectivity index (χ1v) is 6.33. The largest absolute Gasteiger partial charge is 0.339 e. The Labute approximate surface area is 119 Å². The van der Waals surface area contributed by atoms with Gasteiger partial charge in [-0.1, -0.05) is 11.6 Å². The van der Waals surface area contributed by atoms with Gasteiger partial charge in [-0.15, -0.1) is 0 Å². The molecule has 0 amide bonds. The van der Waals surface area contributed by atoms with Crippen molar-refractivity contribution < 1.29 is 4.39 Å². The summed E-state index contributed by atoms with van der Waals surface area (Å²) in [5.74, 6) is 0.110. The number of anilines is 2. The Bertz CT molecular complexity index is 791. The van der Waals surface area contributed by atoms with Gasteiger partial charge in [-0.05, 0) is 37.3 Å². The maximum absolute atomic E-state index is 13.1. The zero-order valence-electron chi connectivity index (χ0n) is 10.6. The van der Waals surface area contributed by atoms with Gasteiger partial charge in [-0.3, -0.25) is 0 Å². The molecule has 3 aromatic rings. The van der Waals surface area contributed by atoms with Crippen LogP contribution in [0.5, 0.6) is 0 Å². The molecule has 100 valence electrons. The Morgan fingerprint density at radius 1 is 1.20 bits per heavy atom. The molecule has 3 rings (SSSR count). The van der Waals surface area contributed by atoms with Gasteiger partial charge in [-0.2, -0.15) is 0 Å². The lowest BCUT2D eigenvalue weighted by Gasteiger charge is -2.09. The molecule has 0 atom stereocenters. The van der Waals surface area contributed by atoms with Crippen molar-refractivity contribution in [2.45, 2.75) is 6.92 Å². The van der Waals surface area contributed by atoms with Gasteiger partial charge in [0.25, 0.3) is 0 Å². The first kappa shape index (κ1) is 12.7. The van der Waals surface area contributed by atoms with E-state index < -0.39 is 5.82 Å². The number of hydrogen-bond donors (Lipinski definition) is 1. The number of fused-ring (bicyclic) bond motifs is 1. The molecule has 1 aromatic carbocycles. The zero-order valence-corrected chi connectivity index (χ0v) is 11.3. The van der Waals surface area contributed by atoms with Crippen LogP contribution in [0, 0.1) is 12.7 Å². The summed E-state index contributed by atoms with van der Waals surface area (Å²) in [7, 11) is 0. The maximum Gasteiger partial charge on any atom is 0.180 e. The molecule has 0 aliphatic rings. The molecule has 4 nitrogen and oxygen atoms in total. The van der Waals surface area contributed by atoms with Crippen molar-refractivity contribution >= 4 is 34.3 Å². The summed E-state index contributed by atoms with van der Waals surface area (Å²) in [4.78, 5) is 13.0. The Morgan fingerprint density at radius 3 is 2.85 bits per heavy atom. The number of nitrogens with zero attached hydrogens (tertiary/aromatic N) is 3. The van der Waals surface area contributed by atoms with Crippen LogP contribution < -0.4 is 5.32 Å². The predicted octanol–water partition coefficient (Wildman–Crippen LogP) is 3.87. The average Bonchev–Trinajstić information content (AvgIpc) is 2.44. The second-order valence-corrected chi connectivity index (χ2v) is 4.66. The van der Waals surface area contributed by atoms with Crippen LogP contribution in [-0.2, 0) is 0 Å². The van der Waals surface area contributed by atoms with E-state index in [9.17, 15) is 4.39 Å². The van der Waals surface area contributed by atoms with Gasteiger partial charge < -0.3 is 5.32 Å². The molecular weight excluding hydrogens is 279 g/mol. The highest BCUT2D eigenvalue weighted by Crippen LogP contribution is 2.23. The quantitative estimate of drug-likeness (QED) is 0.778. The van der Waals surface area contributed by atoms with E-state index in [1.165, 1.54) is 12.1 Å². The summed E-state index contributed by atoms with van der Waals surface area (Å²) in [6, 6.07) is 8.04. The van der Waals surface area contributed by atoms with E-state index in [1.54, 1.807) is 12.3 Å². The topological polar surface area (TPSA) is 50.7 Å². The fourth-order valence-corrected chi connectivity index (χ4v) is 1.99. The van der Waals surface area contributed by atoms with Gasteiger partial charge in [0, 0.05) is 11.9 Å². The minimum absolute atomic E-state index is 0.0551. The Morgan fingerprint density at radius 2 is 2.05 bits per heavy atom. The summed E-state index contributed by atoms with van der Waals surface area (Å²) < 4.78 is 13.1.